The molecular weight excluding hydrogens is 230 g/mol. The monoisotopic (exact) mass is 263 g/mol. The van der Waals surface area contributed by atoms with Gasteiger partial charge in [0.15, 0.2) is 0 Å². The molecule has 0 fully saturated rings. The average molecular weight is 263 g/mol. The first-order chi connectivity index (χ1) is 8.77. The van der Waals surface area contributed by atoms with Crippen molar-refractivity contribution in [3.05, 3.63) is 0 Å². The molecule has 0 aromatic heterocycles. The maximum Gasteiger partial charge on any atom is 0.216 e. The highest BCUT2D eigenvalue weighted by atomic mass is 16.5. The average Bonchev–Trinajstić information content (AvgIpc) is 2.41. The number of rotatable bonds is 9. The zero-order valence-electron chi connectivity index (χ0n) is 13.2. The van der Waals surface area contributed by atoms with Crippen molar-refractivity contribution in [2.45, 2.75) is 54.4 Å². The Morgan fingerprint density at radius 1 is 0.944 bits per heavy atom. The van der Waals surface area contributed by atoms with Crippen molar-refractivity contribution in [2.75, 3.05) is 33.0 Å². The summed E-state index contributed by atoms with van der Waals surface area (Å²) in [6, 6.07) is 0. The summed E-state index contributed by atoms with van der Waals surface area (Å²) < 4.78 is 10.5. The van der Waals surface area contributed by atoms with Crippen molar-refractivity contribution in [1.82, 2.24) is 5.32 Å². The van der Waals surface area contributed by atoms with E-state index in [1.165, 1.54) is 6.92 Å². The number of hydrogen-bond acceptors (Lipinski definition) is 3. The minimum atomic E-state index is -0.0206. The van der Waals surface area contributed by atoms with Crippen LogP contribution in [0.4, 0.5) is 0 Å². The summed E-state index contributed by atoms with van der Waals surface area (Å²) in [6.07, 6.45) is 2.26. The number of hydrogen-bond donors (Lipinski definition) is 1. The quantitative estimate of drug-likeness (QED) is 0.651. The summed E-state index contributed by atoms with van der Waals surface area (Å²) in [5, 5.41) is 2.65. The molecule has 0 aromatic carbocycles. The van der Waals surface area contributed by atoms with E-state index in [2.05, 4.69) is 12.2 Å². The molecule has 0 aliphatic carbocycles. The molecule has 0 aromatic rings. The Morgan fingerprint density at radius 3 is 1.89 bits per heavy atom. The van der Waals surface area contributed by atoms with Crippen molar-refractivity contribution >= 4 is 5.91 Å². The van der Waals surface area contributed by atoms with E-state index in [0.29, 0.717) is 26.4 Å². The molecule has 0 unspecified atom stereocenters. The number of ether oxygens (including phenoxy) is 2. The third-order valence-electron chi connectivity index (χ3n) is 1.63. The van der Waals surface area contributed by atoms with Crippen molar-refractivity contribution in [1.29, 1.82) is 0 Å². The number of unbranched alkanes of at least 4 members (excludes halogenated alkanes) is 1. The predicted molar refractivity (Wildman–Crippen MR) is 77.9 cm³/mol. The summed E-state index contributed by atoms with van der Waals surface area (Å²) in [7, 11) is 0. The Morgan fingerprint density at radius 2 is 1.44 bits per heavy atom. The summed E-state index contributed by atoms with van der Waals surface area (Å²) in [5.74, 6) is -0.0206. The topological polar surface area (TPSA) is 47.6 Å². The Labute approximate surface area is 113 Å². The van der Waals surface area contributed by atoms with E-state index >= 15 is 0 Å². The molecule has 0 bridgehead atoms. The van der Waals surface area contributed by atoms with Crippen LogP contribution in [-0.4, -0.2) is 38.9 Å². The van der Waals surface area contributed by atoms with Gasteiger partial charge in [-0.25, -0.2) is 0 Å². The molecule has 0 atom stereocenters. The van der Waals surface area contributed by atoms with Crippen LogP contribution >= 0.6 is 0 Å². The lowest BCUT2D eigenvalue weighted by atomic mass is 10.4. The van der Waals surface area contributed by atoms with Gasteiger partial charge in [0.05, 0.1) is 19.8 Å². The fraction of sp³-hybridized carbons (Fsp3) is 0.929. The number of carbonyl (C=O) groups is 1. The van der Waals surface area contributed by atoms with E-state index in [9.17, 15) is 4.79 Å². The van der Waals surface area contributed by atoms with Crippen molar-refractivity contribution in [2.24, 2.45) is 0 Å². The van der Waals surface area contributed by atoms with Crippen LogP contribution in [0, 0.1) is 0 Å². The van der Waals surface area contributed by atoms with E-state index in [0.717, 1.165) is 19.4 Å². The van der Waals surface area contributed by atoms with Crippen LogP contribution in [0.5, 0.6) is 0 Å². The minimum Gasteiger partial charge on any atom is -0.379 e. The Balaban J connectivity index is -0.000000506. The SMILES string of the molecule is CC.CC.CCCCOCCOCCNC(C)=O. The summed E-state index contributed by atoms with van der Waals surface area (Å²) in [5.41, 5.74) is 0. The fourth-order valence-corrected chi connectivity index (χ4v) is 0.868. The van der Waals surface area contributed by atoms with Crippen molar-refractivity contribution < 1.29 is 14.3 Å². The smallest absolute Gasteiger partial charge is 0.216 e. The molecule has 0 aliphatic rings. The maximum absolute atomic E-state index is 10.5. The molecule has 4 nitrogen and oxygen atoms in total. The van der Waals surface area contributed by atoms with Crippen LogP contribution in [-0.2, 0) is 14.3 Å². The molecule has 4 heteroatoms. The summed E-state index contributed by atoms with van der Waals surface area (Å²) in [4.78, 5) is 10.5. The van der Waals surface area contributed by atoms with E-state index in [1.807, 2.05) is 27.7 Å². The highest BCUT2D eigenvalue weighted by Gasteiger charge is 1.91. The van der Waals surface area contributed by atoms with Crippen molar-refractivity contribution in [3.8, 4) is 0 Å². The highest BCUT2D eigenvalue weighted by Crippen LogP contribution is 1.87. The lowest BCUT2D eigenvalue weighted by Gasteiger charge is -2.05. The first-order valence-corrected chi connectivity index (χ1v) is 7.17. The van der Waals surface area contributed by atoms with Crippen LogP contribution in [0.15, 0.2) is 0 Å². The molecule has 0 radical (unpaired) electrons. The Bertz CT molecular complexity index is 141. The third kappa shape index (κ3) is 29.5. The lowest BCUT2D eigenvalue weighted by Crippen LogP contribution is -2.24. The zero-order chi connectivity index (χ0) is 14.6. The van der Waals surface area contributed by atoms with Gasteiger partial charge in [-0.1, -0.05) is 41.0 Å². The molecular formula is C14H33NO3. The molecule has 0 saturated carbocycles. The predicted octanol–water partition coefficient (Wildman–Crippen LogP) is 3.01. The molecule has 18 heavy (non-hydrogen) atoms. The van der Waals surface area contributed by atoms with Gasteiger partial charge in [-0.05, 0) is 6.42 Å². The van der Waals surface area contributed by atoms with Gasteiger partial charge >= 0.3 is 0 Å². The molecule has 0 rings (SSSR count). The van der Waals surface area contributed by atoms with Gasteiger partial charge in [-0.15, -0.1) is 0 Å². The first kappa shape index (κ1) is 22.6. The van der Waals surface area contributed by atoms with Crippen LogP contribution < -0.4 is 5.32 Å². The van der Waals surface area contributed by atoms with Crippen LogP contribution in [0.1, 0.15) is 54.4 Å². The van der Waals surface area contributed by atoms with Crippen LogP contribution in [0.3, 0.4) is 0 Å². The number of nitrogens with one attached hydrogen (secondary N) is 1. The van der Waals surface area contributed by atoms with Crippen molar-refractivity contribution in [3.63, 3.8) is 0 Å². The van der Waals surface area contributed by atoms with Crippen LogP contribution in [0.25, 0.3) is 0 Å². The number of carbonyl (C=O) groups excluding carboxylic acids is 1. The molecule has 0 saturated heterocycles. The molecule has 0 heterocycles. The van der Waals surface area contributed by atoms with Gasteiger partial charge in [-0.3, -0.25) is 4.79 Å². The van der Waals surface area contributed by atoms with Gasteiger partial charge in [0.1, 0.15) is 0 Å². The second kappa shape index (κ2) is 25.3. The third-order valence-corrected chi connectivity index (χ3v) is 1.63. The summed E-state index contributed by atoms with van der Waals surface area (Å²) >= 11 is 0. The Kier molecular flexibility index (Phi) is 31.7. The molecule has 1 amide bonds. The normalized spacial score (nSPS) is 8.56. The van der Waals surface area contributed by atoms with E-state index in [4.69, 9.17) is 9.47 Å². The minimum absolute atomic E-state index is 0.0206. The van der Waals surface area contributed by atoms with Gasteiger partial charge in [-0.2, -0.15) is 0 Å². The fourth-order valence-electron chi connectivity index (χ4n) is 0.868. The second-order valence-electron chi connectivity index (χ2n) is 3.06. The van der Waals surface area contributed by atoms with Crippen LogP contribution in [0.2, 0.25) is 0 Å². The van der Waals surface area contributed by atoms with Gasteiger partial charge in [0, 0.05) is 20.1 Å². The lowest BCUT2D eigenvalue weighted by molar-refractivity contribution is -0.119. The second-order valence-corrected chi connectivity index (χ2v) is 3.06. The van der Waals surface area contributed by atoms with E-state index < -0.39 is 0 Å². The first-order valence-electron chi connectivity index (χ1n) is 7.17. The van der Waals surface area contributed by atoms with Gasteiger partial charge in [0.2, 0.25) is 5.91 Å². The Hall–Kier alpha value is -0.610. The molecule has 1 N–H and O–H groups in total. The van der Waals surface area contributed by atoms with E-state index in [-0.39, 0.29) is 5.91 Å². The van der Waals surface area contributed by atoms with Gasteiger partial charge < -0.3 is 14.8 Å². The highest BCUT2D eigenvalue weighted by molar-refractivity contribution is 5.72. The zero-order valence-corrected chi connectivity index (χ0v) is 13.2. The molecule has 0 spiro atoms. The summed E-state index contributed by atoms with van der Waals surface area (Å²) in [6.45, 7) is 14.8. The standard InChI is InChI=1S/C10H21NO3.2C2H6/c1-3-4-6-13-8-9-14-7-5-11-10(2)12;2*1-2/h3-9H2,1-2H3,(H,11,12);2*1-2H3. The van der Waals surface area contributed by atoms with E-state index in [1.54, 1.807) is 0 Å². The number of amides is 1. The van der Waals surface area contributed by atoms with Gasteiger partial charge in [0.25, 0.3) is 0 Å². The maximum atomic E-state index is 10.5. The largest absolute Gasteiger partial charge is 0.379 e. The molecule has 112 valence electrons. The molecule has 0 aliphatic heterocycles.